The molecular weight excluding hydrogens is 588 g/mol. The minimum Gasteiger partial charge on any atom is -0.446 e. The van der Waals surface area contributed by atoms with Crippen LogP contribution in [0.4, 0.5) is 4.79 Å². The number of aliphatic hydroxyl groups excluding tert-OH is 2. The predicted octanol–water partition coefficient (Wildman–Crippen LogP) is 6.62. The molecule has 3 saturated carbocycles. The number of nitrogens with zero attached hydrogens (tertiary/aromatic N) is 1. The Kier molecular flexibility index (Phi) is 16.5. The average molecular weight is 663 g/mol. The van der Waals surface area contributed by atoms with Gasteiger partial charge in [0, 0.05) is 32.6 Å². The van der Waals surface area contributed by atoms with Crippen LogP contribution < -0.4 is 16.8 Å². The SMILES string of the molecule is CC.CC(C)CCCCC1CCC2C3CC=C4CC(OC(=O)N(CCCCNCC(O)CN)CC(O)CN)CCC4(C)C3CCC12C. The van der Waals surface area contributed by atoms with Crippen molar-refractivity contribution < 1.29 is 19.7 Å². The molecule has 9 atom stereocenters. The summed E-state index contributed by atoms with van der Waals surface area (Å²) < 4.78 is 6.15. The fraction of sp³-hybridized carbons (Fsp3) is 0.923. The van der Waals surface area contributed by atoms with Gasteiger partial charge in [-0.15, -0.1) is 0 Å². The maximum absolute atomic E-state index is 13.4. The first-order chi connectivity index (χ1) is 22.5. The molecule has 0 spiro atoms. The molecule has 0 aliphatic heterocycles. The lowest BCUT2D eigenvalue weighted by atomic mass is 9.47. The molecule has 7 N–H and O–H groups in total. The van der Waals surface area contributed by atoms with Crippen molar-refractivity contribution in [2.75, 3.05) is 39.3 Å². The van der Waals surface area contributed by atoms with Crippen molar-refractivity contribution in [3.63, 3.8) is 0 Å². The number of nitrogens with two attached hydrogens (primary N) is 2. The van der Waals surface area contributed by atoms with E-state index in [1.54, 1.807) is 4.90 Å². The Labute approximate surface area is 288 Å². The zero-order chi connectivity index (χ0) is 34.6. The fourth-order valence-electron chi connectivity index (χ4n) is 9.96. The number of hydrogen-bond donors (Lipinski definition) is 5. The number of amides is 1. The first kappa shape index (κ1) is 40.2. The molecule has 1 amide bonds. The highest BCUT2D eigenvalue weighted by atomic mass is 16.6. The summed E-state index contributed by atoms with van der Waals surface area (Å²) in [5.41, 5.74) is 13.4. The summed E-state index contributed by atoms with van der Waals surface area (Å²) in [4.78, 5) is 15.0. The van der Waals surface area contributed by atoms with Crippen molar-refractivity contribution in [3.8, 4) is 0 Å². The number of nitrogens with one attached hydrogen (secondary N) is 1. The van der Waals surface area contributed by atoms with Crippen LogP contribution in [0.1, 0.15) is 131 Å². The van der Waals surface area contributed by atoms with Gasteiger partial charge in [0.25, 0.3) is 0 Å². The molecular formula is C39H74N4O4. The highest BCUT2D eigenvalue weighted by Crippen LogP contribution is 2.66. The maximum Gasteiger partial charge on any atom is 0.410 e. The molecule has 4 aliphatic carbocycles. The molecule has 274 valence electrons. The van der Waals surface area contributed by atoms with Crippen LogP contribution in [0.5, 0.6) is 0 Å². The number of hydrogen-bond acceptors (Lipinski definition) is 7. The quantitative estimate of drug-likeness (QED) is 0.0873. The zero-order valence-corrected chi connectivity index (χ0v) is 31.2. The lowest BCUT2D eigenvalue weighted by Gasteiger charge is -2.58. The van der Waals surface area contributed by atoms with Crippen molar-refractivity contribution in [2.24, 2.45) is 51.9 Å². The van der Waals surface area contributed by atoms with Crippen LogP contribution in [0, 0.1) is 40.4 Å². The number of carbonyl (C=O) groups is 1. The van der Waals surface area contributed by atoms with Gasteiger partial charge in [0.15, 0.2) is 0 Å². The van der Waals surface area contributed by atoms with Gasteiger partial charge in [-0.2, -0.15) is 0 Å². The minimum atomic E-state index is -0.768. The first-order valence-electron chi connectivity index (χ1n) is 19.6. The molecule has 0 radical (unpaired) electrons. The van der Waals surface area contributed by atoms with Gasteiger partial charge in [0.1, 0.15) is 6.10 Å². The van der Waals surface area contributed by atoms with Crippen LogP contribution in [-0.4, -0.2) is 78.8 Å². The molecule has 0 heterocycles. The molecule has 8 heteroatoms. The molecule has 3 fully saturated rings. The molecule has 8 nitrogen and oxygen atoms in total. The summed E-state index contributed by atoms with van der Waals surface area (Å²) in [6, 6.07) is 0. The standard InChI is InChI=1S/C37H68N4O4.C2H6/c1-26(2)9-5-6-10-27-12-14-33-32-13-11-28-21-31(15-17-37(28,4)34(32)16-18-36(27,33)3)45-35(44)41(25-30(43)23-39)20-8-7-19-40-24-29(42)22-38;1-2/h11,26-27,29-34,40,42-43H,5-10,12-25,38-39H2,1-4H3;1-2H3. The van der Waals surface area contributed by atoms with E-state index in [1.807, 2.05) is 13.8 Å². The Morgan fingerprint density at radius 3 is 2.45 bits per heavy atom. The fourth-order valence-corrected chi connectivity index (χ4v) is 9.96. The summed E-state index contributed by atoms with van der Waals surface area (Å²) in [6.07, 6.45) is 17.6. The Balaban J connectivity index is 0.00000294. The summed E-state index contributed by atoms with van der Waals surface area (Å²) in [6.45, 7) is 16.1. The first-order valence-corrected chi connectivity index (χ1v) is 19.6. The highest BCUT2D eigenvalue weighted by Gasteiger charge is 2.58. The number of rotatable bonds is 17. The molecule has 0 aromatic heterocycles. The third-order valence-electron chi connectivity index (χ3n) is 12.8. The molecule has 0 saturated heterocycles. The van der Waals surface area contributed by atoms with Gasteiger partial charge < -0.3 is 36.6 Å². The van der Waals surface area contributed by atoms with Gasteiger partial charge in [0.2, 0.25) is 0 Å². The van der Waals surface area contributed by atoms with E-state index >= 15 is 0 Å². The van der Waals surface area contributed by atoms with Crippen LogP contribution in [-0.2, 0) is 4.74 Å². The van der Waals surface area contributed by atoms with Crippen molar-refractivity contribution in [2.45, 2.75) is 150 Å². The van der Waals surface area contributed by atoms with E-state index in [2.05, 4.69) is 39.1 Å². The normalized spacial score (nSPS) is 32.7. The molecule has 9 unspecified atom stereocenters. The topological polar surface area (TPSA) is 134 Å². The number of aliphatic hydroxyl groups is 2. The lowest BCUT2D eigenvalue weighted by molar-refractivity contribution is -0.0537. The smallest absolute Gasteiger partial charge is 0.410 e. The van der Waals surface area contributed by atoms with E-state index < -0.39 is 12.2 Å². The number of unbranched alkanes of at least 4 members (excludes halogenated alkanes) is 2. The van der Waals surface area contributed by atoms with Crippen molar-refractivity contribution in [1.82, 2.24) is 10.2 Å². The molecule has 0 bridgehead atoms. The number of allylic oxidation sites excluding steroid dienone is 1. The molecule has 0 aromatic rings. The average Bonchev–Trinajstić information content (AvgIpc) is 3.40. The largest absolute Gasteiger partial charge is 0.446 e. The van der Waals surface area contributed by atoms with E-state index in [-0.39, 0.29) is 37.2 Å². The van der Waals surface area contributed by atoms with Crippen molar-refractivity contribution in [3.05, 3.63) is 11.6 Å². The second-order valence-electron chi connectivity index (χ2n) is 16.1. The van der Waals surface area contributed by atoms with Crippen LogP contribution in [0.25, 0.3) is 0 Å². The van der Waals surface area contributed by atoms with Gasteiger partial charge in [-0.05, 0) is 111 Å². The second-order valence-corrected chi connectivity index (χ2v) is 16.1. The van der Waals surface area contributed by atoms with E-state index in [0.29, 0.717) is 18.5 Å². The molecule has 4 aliphatic rings. The van der Waals surface area contributed by atoms with Gasteiger partial charge in [-0.3, -0.25) is 0 Å². The maximum atomic E-state index is 13.4. The van der Waals surface area contributed by atoms with Gasteiger partial charge in [0.05, 0.1) is 18.8 Å². The predicted molar refractivity (Wildman–Crippen MR) is 194 cm³/mol. The van der Waals surface area contributed by atoms with Crippen molar-refractivity contribution in [1.29, 1.82) is 0 Å². The molecule has 4 rings (SSSR count). The van der Waals surface area contributed by atoms with Crippen LogP contribution in [0.3, 0.4) is 0 Å². The number of ether oxygens (including phenoxy) is 1. The Hall–Kier alpha value is -1.19. The Bertz CT molecular complexity index is 961. The third-order valence-corrected chi connectivity index (χ3v) is 12.8. The zero-order valence-electron chi connectivity index (χ0n) is 31.2. The number of fused-ring (bicyclic) bond motifs is 5. The highest BCUT2D eigenvalue weighted by molar-refractivity contribution is 5.68. The third kappa shape index (κ3) is 10.4. The van der Waals surface area contributed by atoms with Crippen LogP contribution >= 0.6 is 0 Å². The van der Waals surface area contributed by atoms with Crippen molar-refractivity contribution >= 4 is 6.09 Å². The van der Waals surface area contributed by atoms with Gasteiger partial charge >= 0.3 is 6.09 Å². The van der Waals surface area contributed by atoms with E-state index in [1.165, 1.54) is 63.4 Å². The Morgan fingerprint density at radius 1 is 1.00 bits per heavy atom. The van der Waals surface area contributed by atoms with Crippen LogP contribution in [0.2, 0.25) is 0 Å². The molecule has 47 heavy (non-hydrogen) atoms. The summed E-state index contributed by atoms with van der Waals surface area (Å²) in [5, 5.41) is 23.0. The second kappa shape index (κ2) is 19.3. The number of carbonyl (C=O) groups excluding carboxylic acids is 1. The van der Waals surface area contributed by atoms with E-state index in [4.69, 9.17) is 16.2 Å². The van der Waals surface area contributed by atoms with Gasteiger partial charge in [-0.1, -0.05) is 72.5 Å². The Morgan fingerprint density at radius 2 is 1.74 bits per heavy atom. The monoisotopic (exact) mass is 663 g/mol. The summed E-state index contributed by atoms with van der Waals surface area (Å²) >= 11 is 0. The lowest BCUT2D eigenvalue weighted by Crippen LogP contribution is -2.51. The van der Waals surface area contributed by atoms with Gasteiger partial charge in [-0.25, -0.2) is 4.79 Å². The van der Waals surface area contributed by atoms with Crippen LogP contribution in [0.15, 0.2) is 11.6 Å². The minimum absolute atomic E-state index is 0.110. The molecule has 0 aromatic carbocycles. The van der Waals surface area contributed by atoms with E-state index in [9.17, 15) is 15.0 Å². The summed E-state index contributed by atoms with van der Waals surface area (Å²) in [7, 11) is 0. The van der Waals surface area contributed by atoms with E-state index in [0.717, 1.165) is 68.2 Å². The summed E-state index contributed by atoms with van der Waals surface area (Å²) in [5.74, 6) is 4.14.